The largest absolute Gasteiger partial charge is 0.496 e. The zero-order valence-electron chi connectivity index (χ0n) is 20.6. The molecule has 4 rings (SSSR count). The van der Waals surface area contributed by atoms with Crippen LogP contribution in [0.3, 0.4) is 0 Å². The van der Waals surface area contributed by atoms with Crippen molar-refractivity contribution in [2.45, 2.75) is 25.4 Å². The van der Waals surface area contributed by atoms with E-state index in [1.54, 1.807) is 7.11 Å². The minimum atomic E-state index is -0.928. The van der Waals surface area contributed by atoms with Gasteiger partial charge in [-0.3, -0.25) is 9.59 Å². The molecule has 1 heterocycles. The minimum absolute atomic E-state index is 0.189. The first-order chi connectivity index (χ1) is 17.9. The summed E-state index contributed by atoms with van der Waals surface area (Å²) in [4.78, 5) is 29.2. The molecule has 1 amide bonds. The van der Waals surface area contributed by atoms with Crippen molar-refractivity contribution in [3.63, 3.8) is 0 Å². The zero-order valence-corrected chi connectivity index (χ0v) is 20.6. The molecule has 0 saturated heterocycles. The lowest BCUT2D eigenvalue weighted by Crippen LogP contribution is -2.51. The number of halogens is 1. The number of carbonyl (C=O) groups excluding carboxylic acids is 2. The number of para-hydroxylation sites is 2. The van der Waals surface area contributed by atoms with Gasteiger partial charge in [-0.1, -0.05) is 36.4 Å². The summed E-state index contributed by atoms with van der Waals surface area (Å²) in [6, 6.07) is 20.7. The van der Waals surface area contributed by atoms with Gasteiger partial charge < -0.3 is 25.5 Å². The van der Waals surface area contributed by atoms with Gasteiger partial charge in [-0.05, 0) is 60.4 Å². The third-order valence-corrected chi connectivity index (χ3v) is 6.30. The van der Waals surface area contributed by atoms with Crippen LogP contribution in [0.25, 0.3) is 10.9 Å². The number of rotatable bonds is 12. The van der Waals surface area contributed by atoms with E-state index in [9.17, 15) is 14.0 Å². The zero-order chi connectivity index (χ0) is 26.2. The summed E-state index contributed by atoms with van der Waals surface area (Å²) in [7, 11) is 1.59. The Balaban J connectivity index is 1.45. The lowest BCUT2D eigenvalue weighted by atomic mass is 9.92. The number of hydrogen-bond donors (Lipinski definition) is 3. The molecular formula is C29H30FN3O4. The summed E-state index contributed by atoms with van der Waals surface area (Å²) < 4.78 is 24.1. The van der Waals surface area contributed by atoms with Crippen LogP contribution in [0.4, 0.5) is 4.39 Å². The molecular weight excluding hydrogens is 473 g/mol. The molecule has 0 aliphatic rings. The number of hydrogen-bond acceptors (Lipinski definition) is 5. The molecule has 4 aromatic rings. The van der Waals surface area contributed by atoms with Crippen LogP contribution in [0.2, 0.25) is 0 Å². The standard InChI is InChI=1S/C29H30FN3O4/c1-36-27-9-5-2-6-19(27)10-15-28(35)33-29(31)24(16-20-17-32-25-8-4-3-7-23(20)25)26(34)18-37-22-13-11-21(30)12-14-22/h2-9,11-14,17,24,29,32H,10,15-16,18,31H2,1H3,(H,33,35)/t24?,29-/m1/s1. The smallest absolute Gasteiger partial charge is 0.221 e. The SMILES string of the molecule is COc1ccccc1CCC(=O)N[C@@H](N)C(Cc1c[nH]c2ccccc12)C(=O)COc1ccc(F)cc1. The fourth-order valence-electron chi connectivity index (χ4n) is 4.29. The van der Waals surface area contributed by atoms with E-state index in [1.807, 2.05) is 54.7 Å². The number of aromatic amines is 1. The van der Waals surface area contributed by atoms with Gasteiger partial charge in [0.05, 0.1) is 19.2 Å². The maximum Gasteiger partial charge on any atom is 0.221 e. The molecule has 3 aromatic carbocycles. The van der Waals surface area contributed by atoms with Crippen LogP contribution in [-0.2, 0) is 22.4 Å². The predicted octanol–water partition coefficient (Wildman–Crippen LogP) is 4.16. The highest BCUT2D eigenvalue weighted by Crippen LogP contribution is 2.23. The Morgan fingerprint density at radius 1 is 1.00 bits per heavy atom. The molecule has 0 saturated carbocycles. The lowest BCUT2D eigenvalue weighted by Gasteiger charge is -2.24. The molecule has 0 bridgehead atoms. The number of aryl methyl sites for hydroxylation is 1. The van der Waals surface area contributed by atoms with Gasteiger partial charge >= 0.3 is 0 Å². The fourth-order valence-corrected chi connectivity index (χ4v) is 4.29. The molecule has 8 heteroatoms. The number of ether oxygens (including phenoxy) is 2. The molecule has 37 heavy (non-hydrogen) atoms. The van der Waals surface area contributed by atoms with E-state index >= 15 is 0 Å². The third-order valence-electron chi connectivity index (χ3n) is 6.30. The monoisotopic (exact) mass is 503 g/mol. The number of nitrogens with one attached hydrogen (secondary N) is 2. The van der Waals surface area contributed by atoms with Crippen LogP contribution in [0, 0.1) is 11.7 Å². The molecule has 1 aromatic heterocycles. The topological polar surface area (TPSA) is 106 Å². The summed E-state index contributed by atoms with van der Waals surface area (Å²) in [5.74, 6) is -0.592. The van der Waals surface area contributed by atoms with Gasteiger partial charge in [0.1, 0.15) is 23.9 Å². The van der Waals surface area contributed by atoms with Crippen molar-refractivity contribution in [2.75, 3.05) is 13.7 Å². The third kappa shape index (κ3) is 6.74. The van der Waals surface area contributed by atoms with Crippen molar-refractivity contribution < 1.29 is 23.5 Å². The van der Waals surface area contributed by atoms with E-state index in [0.717, 1.165) is 22.0 Å². The van der Waals surface area contributed by atoms with Crippen LogP contribution < -0.4 is 20.5 Å². The van der Waals surface area contributed by atoms with Crippen LogP contribution in [0.5, 0.6) is 11.5 Å². The molecule has 4 N–H and O–H groups in total. The molecule has 0 aliphatic carbocycles. The molecule has 192 valence electrons. The summed E-state index contributed by atoms with van der Waals surface area (Å²) >= 11 is 0. The van der Waals surface area contributed by atoms with Gasteiger partial charge in [0.2, 0.25) is 5.91 Å². The van der Waals surface area contributed by atoms with Crippen molar-refractivity contribution >= 4 is 22.6 Å². The number of aromatic nitrogens is 1. The highest BCUT2D eigenvalue weighted by molar-refractivity contribution is 5.87. The summed E-state index contributed by atoms with van der Waals surface area (Å²) in [6.07, 6.45) is 1.89. The van der Waals surface area contributed by atoms with Crippen LogP contribution in [0.15, 0.2) is 79.0 Å². The number of fused-ring (bicyclic) bond motifs is 1. The molecule has 0 fully saturated rings. The number of nitrogens with two attached hydrogens (primary N) is 1. The number of carbonyl (C=O) groups is 2. The average Bonchev–Trinajstić information content (AvgIpc) is 3.33. The first-order valence-corrected chi connectivity index (χ1v) is 12.1. The Bertz CT molecular complexity index is 1350. The summed E-state index contributed by atoms with van der Waals surface area (Å²) in [6.45, 7) is -0.260. The van der Waals surface area contributed by atoms with Gasteiger partial charge in [-0.25, -0.2) is 4.39 Å². The summed E-state index contributed by atoms with van der Waals surface area (Å²) in [5.41, 5.74) is 9.17. The Morgan fingerprint density at radius 2 is 1.73 bits per heavy atom. The van der Waals surface area contributed by atoms with Gasteiger partial charge in [-0.2, -0.15) is 0 Å². The predicted molar refractivity (Wildman–Crippen MR) is 140 cm³/mol. The molecule has 2 atom stereocenters. The molecule has 1 unspecified atom stereocenters. The Hall–Kier alpha value is -4.17. The number of ketones is 1. The van der Waals surface area contributed by atoms with E-state index < -0.39 is 17.9 Å². The molecule has 0 radical (unpaired) electrons. The van der Waals surface area contributed by atoms with E-state index in [0.29, 0.717) is 24.3 Å². The van der Waals surface area contributed by atoms with Crippen LogP contribution in [0.1, 0.15) is 17.5 Å². The van der Waals surface area contributed by atoms with Crippen molar-refractivity contribution in [2.24, 2.45) is 11.7 Å². The van der Waals surface area contributed by atoms with Crippen LogP contribution in [-0.4, -0.2) is 36.6 Å². The molecule has 0 spiro atoms. The first-order valence-electron chi connectivity index (χ1n) is 12.1. The number of methoxy groups -OCH3 is 1. The maximum atomic E-state index is 13.3. The minimum Gasteiger partial charge on any atom is -0.496 e. The van der Waals surface area contributed by atoms with Crippen molar-refractivity contribution in [1.82, 2.24) is 10.3 Å². The van der Waals surface area contributed by atoms with E-state index in [2.05, 4.69) is 10.3 Å². The lowest BCUT2D eigenvalue weighted by molar-refractivity contribution is -0.127. The summed E-state index contributed by atoms with van der Waals surface area (Å²) in [5, 5.41) is 3.78. The van der Waals surface area contributed by atoms with E-state index in [1.165, 1.54) is 24.3 Å². The second-order valence-corrected chi connectivity index (χ2v) is 8.78. The Morgan fingerprint density at radius 3 is 2.51 bits per heavy atom. The molecule has 0 aliphatic heterocycles. The van der Waals surface area contributed by atoms with Crippen LogP contribution >= 0.6 is 0 Å². The number of H-pyrrole nitrogens is 1. The first kappa shape index (κ1) is 25.9. The second-order valence-electron chi connectivity index (χ2n) is 8.78. The van der Waals surface area contributed by atoms with E-state index in [-0.39, 0.29) is 24.7 Å². The number of amides is 1. The average molecular weight is 504 g/mol. The van der Waals surface area contributed by atoms with Crippen molar-refractivity contribution in [3.05, 3.63) is 95.9 Å². The second kappa shape index (κ2) is 12.2. The van der Waals surface area contributed by atoms with E-state index in [4.69, 9.17) is 15.2 Å². The Kier molecular flexibility index (Phi) is 8.53. The highest BCUT2D eigenvalue weighted by Gasteiger charge is 2.28. The van der Waals surface area contributed by atoms with Gasteiger partial charge in [0.15, 0.2) is 5.78 Å². The quantitative estimate of drug-likeness (QED) is 0.252. The van der Waals surface area contributed by atoms with Crippen molar-refractivity contribution in [3.8, 4) is 11.5 Å². The normalized spacial score (nSPS) is 12.6. The highest BCUT2D eigenvalue weighted by atomic mass is 19.1. The van der Waals surface area contributed by atoms with Gasteiger partial charge in [0, 0.05) is 23.5 Å². The number of Topliss-reactive ketones (excluding diaryl/α,β-unsaturated/α-hetero) is 1. The molecule has 7 nitrogen and oxygen atoms in total. The maximum absolute atomic E-state index is 13.3. The number of benzene rings is 3. The van der Waals surface area contributed by atoms with Gasteiger partial charge in [0.25, 0.3) is 0 Å². The Labute approximate surface area is 214 Å². The van der Waals surface area contributed by atoms with Gasteiger partial charge in [-0.15, -0.1) is 0 Å². The van der Waals surface area contributed by atoms with Crippen molar-refractivity contribution in [1.29, 1.82) is 0 Å². The fraction of sp³-hybridized carbons (Fsp3) is 0.241.